The van der Waals surface area contributed by atoms with E-state index in [1.807, 2.05) is 91.0 Å². The summed E-state index contributed by atoms with van der Waals surface area (Å²) in [4.78, 5) is 4.55. The number of para-hydroxylation sites is 1. The van der Waals surface area contributed by atoms with Gasteiger partial charge in [-0.2, -0.15) is 0 Å². The van der Waals surface area contributed by atoms with E-state index in [2.05, 4.69) is 4.98 Å². The van der Waals surface area contributed by atoms with Crippen molar-refractivity contribution in [1.29, 1.82) is 0 Å². The third-order valence-electron chi connectivity index (χ3n) is 7.78. The molecule has 3 aliphatic rings. The van der Waals surface area contributed by atoms with Gasteiger partial charge in [-0.15, -0.1) is 0 Å². The molecule has 0 amide bonds. The van der Waals surface area contributed by atoms with Crippen LogP contribution in [0, 0.1) is 5.92 Å². The topological polar surface area (TPSA) is 58.3 Å². The number of nitrogens with zero attached hydrogens (tertiary/aromatic N) is 2. The first-order valence-corrected chi connectivity index (χ1v) is 12.5. The number of hydrogen-bond donors (Lipinski definition) is 0. The second kappa shape index (κ2) is 8.99. The molecule has 35 heavy (non-hydrogen) atoms. The predicted molar refractivity (Wildman–Crippen MR) is 131 cm³/mol. The van der Waals surface area contributed by atoms with Crippen molar-refractivity contribution in [2.75, 3.05) is 19.6 Å². The smallest absolute Gasteiger partial charge is 0.193 e. The predicted octanol–water partition coefficient (Wildman–Crippen LogP) is 4.51. The van der Waals surface area contributed by atoms with Crippen LogP contribution in [-0.2, 0) is 12.1 Å². The zero-order valence-corrected chi connectivity index (χ0v) is 19.8. The van der Waals surface area contributed by atoms with E-state index in [-0.39, 0.29) is 12.0 Å². The zero-order chi connectivity index (χ0) is 23.7. The monoisotopic (exact) mass is 466 g/mol. The molecule has 0 spiro atoms. The second-order valence-electron chi connectivity index (χ2n) is 9.98. The molecule has 0 saturated carbocycles. The summed E-state index contributed by atoms with van der Waals surface area (Å²) < 4.78 is 13.6. The van der Waals surface area contributed by atoms with E-state index in [1.54, 1.807) is 6.20 Å². The fourth-order valence-electron chi connectivity index (χ4n) is 5.88. The minimum absolute atomic E-state index is 0.201. The van der Waals surface area contributed by atoms with Crippen molar-refractivity contribution in [3.05, 3.63) is 120 Å². The van der Waals surface area contributed by atoms with Crippen molar-refractivity contribution >= 4 is 0 Å². The van der Waals surface area contributed by atoms with E-state index >= 15 is 0 Å². The molecule has 7 rings (SSSR count). The summed E-state index contributed by atoms with van der Waals surface area (Å²) in [6.45, 7) is 3.90. The summed E-state index contributed by atoms with van der Waals surface area (Å²) in [5.74, 6) is 2.51. The van der Waals surface area contributed by atoms with E-state index in [9.17, 15) is 5.11 Å². The van der Waals surface area contributed by atoms with Gasteiger partial charge in [-0.05, 0) is 23.3 Å². The average molecular weight is 467 g/mol. The summed E-state index contributed by atoms with van der Waals surface area (Å²) in [5, 5.41) is 14.4. The van der Waals surface area contributed by atoms with Gasteiger partial charge < -0.3 is 18.7 Å². The van der Waals surface area contributed by atoms with E-state index in [0.717, 1.165) is 55.0 Å². The molecule has 2 bridgehead atoms. The van der Waals surface area contributed by atoms with Crippen molar-refractivity contribution in [3.63, 3.8) is 0 Å². The van der Waals surface area contributed by atoms with Crippen LogP contribution in [0.2, 0.25) is 0 Å². The normalized spacial score (nSPS) is 23.8. The highest BCUT2D eigenvalue weighted by Gasteiger charge is 2.47. The maximum absolute atomic E-state index is 14.4. The Morgan fingerprint density at radius 2 is 1.43 bits per heavy atom. The lowest BCUT2D eigenvalue weighted by Crippen LogP contribution is -2.64. The molecule has 178 valence electrons. The Bertz CT molecular complexity index is 1210. The third-order valence-corrected chi connectivity index (χ3v) is 7.78. The fraction of sp³-hybridized carbons (Fsp3) is 0.300. The van der Waals surface area contributed by atoms with Crippen LogP contribution in [0.5, 0.6) is 5.75 Å². The number of piperidine rings is 3. The lowest BCUT2D eigenvalue weighted by Gasteiger charge is -2.51. The number of quaternary nitrogens is 1. The molecule has 3 aromatic carbocycles. The Morgan fingerprint density at radius 3 is 2.03 bits per heavy atom. The maximum atomic E-state index is 14.4. The molecule has 0 N–H and O–H groups in total. The molecule has 4 aromatic rings. The number of aromatic nitrogens is 1. The van der Waals surface area contributed by atoms with Crippen LogP contribution in [0.3, 0.4) is 0 Å². The number of oxazole rings is 1. The molecule has 1 atom stereocenters. The van der Waals surface area contributed by atoms with Crippen LogP contribution in [0.25, 0.3) is 0 Å². The molecule has 3 saturated heterocycles. The molecular weight excluding hydrogens is 436 g/mol. The molecule has 0 aliphatic carbocycles. The third kappa shape index (κ3) is 4.15. The molecule has 3 aliphatic heterocycles. The highest BCUT2D eigenvalue weighted by atomic mass is 16.5. The molecule has 0 radical (unpaired) electrons. The molecular formula is C30H30N2O3. The Hall–Kier alpha value is -3.41. The average Bonchev–Trinajstić information content (AvgIpc) is 3.39. The van der Waals surface area contributed by atoms with Crippen LogP contribution < -0.4 is 9.84 Å². The molecule has 3 fully saturated rings. The Kier molecular flexibility index (Phi) is 5.67. The van der Waals surface area contributed by atoms with Crippen molar-refractivity contribution < 1.29 is 18.7 Å². The van der Waals surface area contributed by atoms with Crippen molar-refractivity contribution in [3.8, 4) is 5.75 Å². The van der Waals surface area contributed by atoms with Gasteiger partial charge >= 0.3 is 0 Å². The Balaban J connectivity index is 1.27. The quantitative estimate of drug-likeness (QED) is 0.376. The van der Waals surface area contributed by atoms with E-state index in [1.165, 1.54) is 0 Å². The van der Waals surface area contributed by atoms with Gasteiger partial charge in [0, 0.05) is 24.4 Å². The van der Waals surface area contributed by atoms with Gasteiger partial charge in [0.1, 0.15) is 18.8 Å². The number of rotatable bonds is 7. The molecule has 5 heteroatoms. The van der Waals surface area contributed by atoms with Crippen molar-refractivity contribution in [2.45, 2.75) is 31.1 Å². The Labute approximate surface area is 206 Å². The minimum atomic E-state index is -1.70. The number of hydrogen-bond acceptors (Lipinski definition) is 4. The Morgan fingerprint density at radius 1 is 0.857 bits per heavy atom. The van der Waals surface area contributed by atoms with Crippen molar-refractivity contribution in [1.82, 2.24) is 4.98 Å². The minimum Gasteiger partial charge on any atom is -0.836 e. The van der Waals surface area contributed by atoms with Gasteiger partial charge in [0.2, 0.25) is 0 Å². The standard InChI is InChI=1S/C30H30N2O3/c33-30(24-10-4-1-5-11-24,25-12-6-2-7-13-25)29-31-20-27(35-29)21-32-18-16-23(17-19-32)28(22-32)34-26-14-8-3-9-15-26/h1-15,20,23,28H,16-19,21-22H2. The van der Waals surface area contributed by atoms with Crippen molar-refractivity contribution in [2.24, 2.45) is 5.92 Å². The van der Waals surface area contributed by atoms with Gasteiger partial charge in [-0.25, -0.2) is 4.98 Å². The van der Waals surface area contributed by atoms with E-state index < -0.39 is 5.60 Å². The first kappa shape index (κ1) is 22.1. The van der Waals surface area contributed by atoms with Crippen LogP contribution in [0.15, 0.2) is 102 Å². The van der Waals surface area contributed by atoms with Crippen LogP contribution >= 0.6 is 0 Å². The first-order chi connectivity index (χ1) is 17.1. The number of benzene rings is 3. The highest BCUT2D eigenvalue weighted by Crippen LogP contribution is 2.39. The van der Waals surface area contributed by atoms with Gasteiger partial charge in [0.25, 0.3) is 0 Å². The van der Waals surface area contributed by atoms with E-state index in [0.29, 0.717) is 17.0 Å². The van der Waals surface area contributed by atoms with Gasteiger partial charge in [0.05, 0.1) is 19.3 Å². The second-order valence-corrected chi connectivity index (χ2v) is 9.98. The zero-order valence-electron chi connectivity index (χ0n) is 19.8. The van der Waals surface area contributed by atoms with Crippen LogP contribution in [-0.4, -0.2) is 35.2 Å². The summed E-state index contributed by atoms with van der Waals surface area (Å²) >= 11 is 0. The van der Waals surface area contributed by atoms with Gasteiger partial charge in [-0.1, -0.05) is 78.9 Å². The number of ether oxygens (including phenoxy) is 1. The lowest BCUT2D eigenvalue weighted by atomic mass is 9.83. The molecule has 4 heterocycles. The fourth-order valence-corrected chi connectivity index (χ4v) is 5.88. The molecule has 1 aromatic heterocycles. The molecule has 1 unspecified atom stereocenters. The highest BCUT2D eigenvalue weighted by molar-refractivity contribution is 5.41. The summed E-state index contributed by atoms with van der Waals surface area (Å²) in [7, 11) is 0. The summed E-state index contributed by atoms with van der Waals surface area (Å²) in [6, 6.07) is 28.9. The summed E-state index contributed by atoms with van der Waals surface area (Å²) in [6.07, 6.45) is 4.26. The lowest BCUT2D eigenvalue weighted by molar-refractivity contribution is -0.958. The van der Waals surface area contributed by atoms with E-state index in [4.69, 9.17) is 9.15 Å². The van der Waals surface area contributed by atoms with Gasteiger partial charge in [0.15, 0.2) is 17.8 Å². The molecule has 5 nitrogen and oxygen atoms in total. The van der Waals surface area contributed by atoms with Gasteiger partial charge in [-0.3, -0.25) is 0 Å². The van der Waals surface area contributed by atoms with Crippen LogP contribution in [0.1, 0.15) is 35.6 Å². The SMILES string of the molecule is [O-]C(c1ccccc1)(c1ccccc1)c1ncc(C[N+]23CCC(CC2)C(Oc2ccccc2)C3)o1. The first-order valence-electron chi connectivity index (χ1n) is 12.5. The largest absolute Gasteiger partial charge is 0.836 e. The maximum Gasteiger partial charge on any atom is 0.193 e. The number of fused-ring (bicyclic) bond motifs is 3. The van der Waals surface area contributed by atoms with Crippen LogP contribution in [0.4, 0.5) is 0 Å². The summed E-state index contributed by atoms with van der Waals surface area (Å²) in [5.41, 5.74) is -0.447.